The van der Waals surface area contributed by atoms with Gasteiger partial charge in [-0.2, -0.15) is 0 Å². The maximum absolute atomic E-state index is 5.50. The molecule has 0 saturated heterocycles. The number of thiocarbonyl (C=S) groups is 1. The number of nitrogens with two attached hydrogens (primary N) is 1. The highest BCUT2D eigenvalue weighted by Gasteiger charge is 1.99. The van der Waals surface area contributed by atoms with E-state index in [1.165, 1.54) is 5.56 Å². The van der Waals surface area contributed by atoms with Crippen LogP contribution in [-0.2, 0) is 6.42 Å². The van der Waals surface area contributed by atoms with Gasteiger partial charge in [-0.15, -0.1) is 0 Å². The molecule has 0 spiro atoms. The SMILES string of the molecule is CCc1cccc(Nc2ccc(C(N)=S)nc2)c1. The molecule has 18 heavy (non-hydrogen) atoms. The summed E-state index contributed by atoms with van der Waals surface area (Å²) < 4.78 is 0. The van der Waals surface area contributed by atoms with Crippen LogP contribution in [0.1, 0.15) is 18.2 Å². The summed E-state index contributed by atoms with van der Waals surface area (Å²) >= 11 is 4.86. The first-order chi connectivity index (χ1) is 8.69. The molecule has 0 fully saturated rings. The molecule has 0 saturated carbocycles. The van der Waals surface area contributed by atoms with Crippen LogP contribution in [0.25, 0.3) is 0 Å². The lowest BCUT2D eigenvalue weighted by atomic mass is 10.1. The fourth-order valence-corrected chi connectivity index (χ4v) is 1.77. The molecule has 1 aromatic carbocycles. The van der Waals surface area contributed by atoms with Gasteiger partial charge < -0.3 is 11.1 Å². The molecule has 0 unspecified atom stereocenters. The fourth-order valence-electron chi connectivity index (χ4n) is 1.65. The zero-order chi connectivity index (χ0) is 13.0. The van der Waals surface area contributed by atoms with Crippen molar-refractivity contribution < 1.29 is 0 Å². The molecule has 0 atom stereocenters. The topological polar surface area (TPSA) is 50.9 Å². The summed E-state index contributed by atoms with van der Waals surface area (Å²) in [6.07, 6.45) is 2.75. The van der Waals surface area contributed by atoms with E-state index in [1.807, 2.05) is 24.3 Å². The normalized spacial score (nSPS) is 10.1. The molecule has 0 aliphatic rings. The molecule has 1 heterocycles. The number of hydrogen-bond acceptors (Lipinski definition) is 3. The molecule has 3 nitrogen and oxygen atoms in total. The Morgan fingerprint density at radius 3 is 2.72 bits per heavy atom. The van der Waals surface area contributed by atoms with Crippen molar-refractivity contribution in [3.8, 4) is 0 Å². The Morgan fingerprint density at radius 2 is 2.11 bits per heavy atom. The Kier molecular flexibility index (Phi) is 3.89. The number of hydrogen-bond donors (Lipinski definition) is 2. The first kappa shape index (κ1) is 12.5. The Hall–Kier alpha value is -1.94. The number of rotatable bonds is 4. The van der Waals surface area contributed by atoms with Crippen LogP contribution in [0.5, 0.6) is 0 Å². The van der Waals surface area contributed by atoms with E-state index in [1.54, 1.807) is 6.20 Å². The molecule has 2 rings (SSSR count). The van der Waals surface area contributed by atoms with Crippen LogP contribution < -0.4 is 11.1 Å². The van der Waals surface area contributed by atoms with Crippen LogP contribution in [-0.4, -0.2) is 9.97 Å². The van der Waals surface area contributed by atoms with Crippen molar-refractivity contribution in [1.29, 1.82) is 0 Å². The maximum atomic E-state index is 5.50. The van der Waals surface area contributed by atoms with Gasteiger partial charge >= 0.3 is 0 Å². The van der Waals surface area contributed by atoms with Crippen molar-refractivity contribution in [2.45, 2.75) is 13.3 Å². The average Bonchev–Trinajstić information content (AvgIpc) is 2.39. The second-order valence-electron chi connectivity index (χ2n) is 3.98. The standard InChI is InChI=1S/C14H15N3S/c1-2-10-4-3-5-11(8-10)17-12-6-7-13(14(15)18)16-9-12/h3-9,17H,2H2,1H3,(H2,15,18). The second kappa shape index (κ2) is 5.60. The number of nitrogens with one attached hydrogen (secondary N) is 1. The van der Waals surface area contributed by atoms with Crippen molar-refractivity contribution in [3.63, 3.8) is 0 Å². The lowest BCUT2D eigenvalue weighted by Gasteiger charge is -2.08. The zero-order valence-electron chi connectivity index (χ0n) is 10.2. The van der Waals surface area contributed by atoms with Gasteiger partial charge in [0.2, 0.25) is 0 Å². The maximum Gasteiger partial charge on any atom is 0.122 e. The average molecular weight is 257 g/mol. The van der Waals surface area contributed by atoms with E-state index in [2.05, 4.69) is 29.4 Å². The molecule has 4 heteroatoms. The van der Waals surface area contributed by atoms with Crippen molar-refractivity contribution in [2.24, 2.45) is 5.73 Å². The molecule has 2 aromatic rings. The first-order valence-electron chi connectivity index (χ1n) is 5.81. The van der Waals surface area contributed by atoms with E-state index in [-0.39, 0.29) is 0 Å². The number of pyridine rings is 1. The van der Waals surface area contributed by atoms with Gasteiger partial charge in [0.05, 0.1) is 17.6 Å². The zero-order valence-corrected chi connectivity index (χ0v) is 11.0. The summed E-state index contributed by atoms with van der Waals surface area (Å²) in [6, 6.07) is 12.0. The monoisotopic (exact) mass is 257 g/mol. The molecule has 3 N–H and O–H groups in total. The Morgan fingerprint density at radius 1 is 1.28 bits per heavy atom. The smallest absolute Gasteiger partial charge is 0.122 e. The van der Waals surface area contributed by atoms with Crippen molar-refractivity contribution in [1.82, 2.24) is 4.98 Å². The molecule has 0 aliphatic carbocycles. The van der Waals surface area contributed by atoms with Gasteiger partial charge in [-0.3, -0.25) is 4.98 Å². The minimum Gasteiger partial charge on any atom is -0.388 e. The Balaban J connectivity index is 2.15. The fraction of sp³-hybridized carbons (Fsp3) is 0.143. The lowest BCUT2D eigenvalue weighted by Crippen LogP contribution is -2.11. The minimum absolute atomic E-state index is 0.314. The van der Waals surface area contributed by atoms with E-state index in [0.29, 0.717) is 10.7 Å². The number of aromatic nitrogens is 1. The molecular formula is C14H15N3S. The number of aryl methyl sites for hydroxylation is 1. The predicted octanol–water partition coefficient (Wildman–Crippen LogP) is 3.02. The first-order valence-corrected chi connectivity index (χ1v) is 6.21. The summed E-state index contributed by atoms with van der Waals surface area (Å²) in [5.41, 5.74) is 9.41. The third-order valence-electron chi connectivity index (χ3n) is 2.64. The van der Waals surface area contributed by atoms with Crippen molar-refractivity contribution >= 4 is 28.6 Å². The second-order valence-corrected chi connectivity index (χ2v) is 4.42. The van der Waals surface area contributed by atoms with Crippen molar-refractivity contribution in [3.05, 3.63) is 53.9 Å². The molecular weight excluding hydrogens is 242 g/mol. The van der Waals surface area contributed by atoms with Crippen molar-refractivity contribution in [2.75, 3.05) is 5.32 Å². The summed E-state index contributed by atoms with van der Waals surface area (Å²) in [6.45, 7) is 2.14. The van der Waals surface area contributed by atoms with Gasteiger partial charge in [-0.1, -0.05) is 31.3 Å². The van der Waals surface area contributed by atoms with Crippen LogP contribution in [0.4, 0.5) is 11.4 Å². The van der Waals surface area contributed by atoms with Gasteiger partial charge in [-0.05, 0) is 36.2 Å². The molecule has 0 radical (unpaired) electrons. The highest BCUT2D eigenvalue weighted by Crippen LogP contribution is 2.17. The highest BCUT2D eigenvalue weighted by molar-refractivity contribution is 7.80. The molecule has 1 aromatic heterocycles. The largest absolute Gasteiger partial charge is 0.388 e. The summed E-state index contributed by atoms with van der Waals surface area (Å²) in [4.78, 5) is 4.50. The van der Waals surface area contributed by atoms with Gasteiger partial charge in [0.25, 0.3) is 0 Å². The summed E-state index contributed by atoms with van der Waals surface area (Å²) in [5, 5.41) is 3.30. The third-order valence-corrected chi connectivity index (χ3v) is 2.85. The lowest BCUT2D eigenvalue weighted by molar-refractivity contribution is 1.14. The van der Waals surface area contributed by atoms with Crippen LogP contribution in [0.3, 0.4) is 0 Å². The van der Waals surface area contributed by atoms with E-state index < -0.39 is 0 Å². The van der Waals surface area contributed by atoms with E-state index in [4.69, 9.17) is 18.0 Å². The minimum atomic E-state index is 0.314. The summed E-state index contributed by atoms with van der Waals surface area (Å²) in [5.74, 6) is 0. The number of benzene rings is 1. The van der Waals surface area contributed by atoms with Crippen LogP contribution in [0.15, 0.2) is 42.6 Å². The quantitative estimate of drug-likeness (QED) is 0.827. The van der Waals surface area contributed by atoms with Crippen LogP contribution in [0.2, 0.25) is 0 Å². The Bertz CT molecular complexity index is 549. The molecule has 0 aliphatic heterocycles. The van der Waals surface area contributed by atoms with Crippen LogP contribution in [0, 0.1) is 0 Å². The van der Waals surface area contributed by atoms with Gasteiger partial charge in [0, 0.05) is 5.69 Å². The van der Waals surface area contributed by atoms with E-state index >= 15 is 0 Å². The number of nitrogens with zero attached hydrogens (tertiary/aromatic N) is 1. The molecule has 0 bridgehead atoms. The Labute approximate surface area is 112 Å². The van der Waals surface area contributed by atoms with Gasteiger partial charge in [0.15, 0.2) is 0 Å². The predicted molar refractivity (Wildman–Crippen MR) is 79.2 cm³/mol. The van der Waals surface area contributed by atoms with Gasteiger partial charge in [-0.25, -0.2) is 0 Å². The highest BCUT2D eigenvalue weighted by atomic mass is 32.1. The number of anilines is 2. The van der Waals surface area contributed by atoms with E-state index in [0.717, 1.165) is 17.8 Å². The summed E-state index contributed by atoms with van der Waals surface area (Å²) in [7, 11) is 0. The van der Waals surface area contributed by atoms with E-state index in [9.17, 15) is 0 Å². The van der Waals surface area contributed by atoms with Crippen LogP contribution >= 0.6 is 12.2 Å². The third kappa shape index (κ3) is 3.05. The molecule has 0 amide bonds. The molecule has 92 valence electrons. The van der Waals surface area contributed by atoms with Gasteiger partial charge in [0.1, 0.15) is 4.99 Å².